The lowest BCUT2D eigenvalue weighted by atomic mass is 10.00. The van der Waals surface area contributed by atoms with Gasteiger partial charge in [-0.25, -0.2) is 0 Å². The van der Waals surface area contributed by atoms with Crippen LogP contribution in [0.1, 0.15) is 23.6 Å². The zero-order valence-corrected chi connectivity index (χ0v) is 13.2. The Morgan fingerprint density at radius 3 is 2.90 bits per heavy atom. The number of hydrogen-bond acceptors (Lipinski definition) is 4. The summed E-state index contributed by atoms with van der Waals surface area (Å²) in [4.78, 5) is 0. The minimum Gasteiger partial charge on any atom is -0.496 e. The molecule has 0 bridgehead atoms. The van der Waals surface area contributed by atoms with Crippen molar-refractivity contribution in [3.05, 3.63) is 46.2 Å². The van der Waals surface area contributed by atoms with E-state index in [0.717, 1.165) is 28.6 Å². The van der Waals surface area contributed by atoms with Crippen molar-refractivity contribution in [1.29, 1.82) is 0 Å². The summed E-state index contributed by atoms with van der Waals surface area (Å²) in [6.45, 7) is 0. The molecule has 0 saturated heterocycles. The largest absolute Gasteiger partial charge is 0.496 e. The van der Waals surface area contributed by atoms with Crippen LogP contribution in [-0.2, 0) is 13.5 Å². The summed E-state index contributed by atoms with van der Waals surface area (Å²) in [7, 11) is 3.58. The molecule has 0 radical (unpaired) electrons. The van der Waals surface area contributed by atoms with Crippen LogP contribution < -0.4 is 16.0 Å². The molecule has 1 heterocycles. The number of rotatable bonds is 6. The topological polar surface area (TPSA) is 65.1 Å². The van der Waals surface area contributed by atoms with E-state index < -0.39 is 0 Å². The van der Waals surface area contributed by atoms with E-state index in [1.165, 1.54) is 5.56 Å². The zero-order valence-electron chi connectivity index (χ0n) is 11.6. The van der Waals surface area contributed by atoms with Crippen LogP contribution in [-0.4, -0.2) is 16.9 Å². The number of aromatic nitrogens is 2. The van der Waals surface area contributed by atoms with Gasteiger partial charge in [0.25, 0.3) is 0 Å². The van der Waals surface area contributed by atoms with Crippen molar-refractivity contribution in [2.75, 3.05) is 7.11 Å². The Balaban J connectivity index is 2.11. The van der Waals surface area contributed by atoms with Crippen LogP contribution in [0.25, 0.3) is 0 Å². The van der Waals surface area contributed by atoms with E-state index in [9.17, 15) is 0 Å². The molecule has 5 nitrogen and oxygen atoms in total. The number of halogens is 1. The lowest BCUT2D eigenvalue weighted by molar-refractivity contribution is 0.395. The van der Waals surface area contributed by atoms with Crippen molar-refractivity contribution in [2.45, 2.75) is 18.9 Å². The van der Waals surface area contributed by atoms with Gasteiger partial charge in [-0.05, 0) is 30.5 Å². The molecule has 1 atom stereocenters. The fourth-order valence-corrected chi connectivity index (χ4v) is 2.55. The molecule has 1 unspecified atom stereocenters. The van der Waals surface area contributed by atoms with Gasteiger partial charge in [0.15, 0.2) is 0 Å². The van der Waals surface area contributed by atoms with E-state index in [0.29, 0.717) is 0 Å². The molecular formula is C14H19BrN4O. The summed E-state index contributed by atoms with van der Waals surface area (Å²) in [6, 6.07) is 6.01. The molecule has 0 amide bonds. The van der Waals surface area contributed by atoms with Crippen molar-refractivity contribution < 1.29 is 4.74 Å². The maximum absolute atomic E-state index is 5.70. The molecular weight excluding hydrogens is 320 g/mol. The van der Waals surface area contributed by atoms with Crippen molar-refractivity contribution in [2.24, 2.45) is 12.9 Å². The number of hydrazine groups is 1. The Morgan fingerprint density at radius 2 is 2.30 bits per heavy atom. The van der Waals surface area contributed by atoms with Crippen LogP contribution in [0.3, 0.4) is 0 Å². The van der Waals surface area contributed by atoms with Crippen molar-refractivity contribution in [1.82, 2.24) is 15.2 Å². The molecule has 1 aromatic carbocycles. The van der Waals surface area contributed by atoms with Gasteiger partial charge < -0.3 is 4.74 Å². The highest BCUT2D eigenvalue weighted by molar-refractivity contribution is 9.10. The molecule has 2 rings (SSSR count). The summed E-state index contributed by atoms with van der Waals surface area (Å²) in [5.74, 6) is 6.53. The fraction of sp³-hybridized carbons (Fsp3) is 0.357. The maximum Gasteiger partial charge on any atom is 0.124 e. The summed E-state index contributed by atoms with van der Waals surface area (Å²) >= 11 is 3.44. The van der Waals surface area contributed by atoms with Crippen molar-refractivity contribution in [3.8, 4) is 5.75 Å². The van der Waals surface area contributed by atoms with Gasteiger partial charge in [-0.2, -0.15) is 5.10 Å². The van der Waals surface area contributed by atoms with E-state index in [-0.39, 0.29) is 6.04 Å². The number of nitrogens with two attached hydrogens (primary N) is 1. The number of ether oxygens (including phenoxy) is 1. The van der Waals surface area contributed by atoms with Crippen molar-refractivity contribution >= 4 is 15.9 Å². The van der Waals surface area contributed by atoms with E-state index in [2.05, 4.69) is 26.5 Å². The first-order valence-electron chi connectivity index (χ1n) is 6.41. The van der Waals surface area contributed by atoms with Crippen LogP contribution in [0.15, 0.2) is 35.1 Å². The molecule has 108 valence electrons. The molecule has 6 heteroatoms. The third-order valence-electron chi connectivity index (χ3n) is 3.25. The minimum atomic E-state index is 0.0401. The van der Waals surface area contributed by atoms with Crippen LogP contribution in [0.4, 0.5) is 0 Å². The molecule has 3 N–H and O–H groups in total. The normalized spacial score (nSPS) is 12.4. The fourth-order valence-electron chi connectivity index (χ4n) is 2.21. The maximum atomic E-state index is 5.70. The predicted octanol–water partition coefficient (Wildman–Crippen LogP) is 2.33. The van der Waals surface area contributed by atoms with E-state index >= 15 is 0 Å². The summed E-state index contributed by atoms with van der Waals surface area (Å²) in [5, 5.41) is 4.17. The molecule has 1 aromatic heterocycles. The Labute approximate surface area is 127 Å². The van der Waals surface area contributed by atoms with Gasteiger partial charge in [0.05, 0.1) is 13.3 Å². The number of benzene rings is 1. The smallest absolute Gasteiger partial charge is 0.124 e. The summed E-state index contributed by atoms with van der Waals surface area (Å²) < 4.78 is 8.22. The second kappa shape index (κ2) is 6.88. The SMILES string of the molecule is COc1cc(Br)ccc1C(CCc1cnn(C)c1)NN. The first-order valence-corrected chi connectivity index (χ1v) is 7.20. The Kier molecular flexibility index (Phi) is 5.17. The van der Waals surface area contributed by atoms with E-state index in [1.807, 2.05) is 37.6 Å². The highest BCUT2D eigenvalue weighted by atomic mass is 79.9. The second-order valence-corrected chi connectivity index (χ2v) is 5.58. The van der Waals surface area contributed by atoms with Gasteiger partial charge >= 0.3 is 0 Å². The lowest BCUT2D eigenvalue weighted by Crippen LogP contribution is -2.28. The number of hydrogen-bond donors (Lipinski definition) is 2. The average molecular weight is 339 g/mol. The molecule has 20 heavy (non-hydrogen) atoms. The Bertz CT molecular complexity index is 570. The van der Waals surface area contributed by atoms with Gasteiger partial charge in [0.1, 0.15) is 5.75 Å². The van der Waals surface area contributed by atoms with Crippen LogP contribution in [0.5, 0.6) is 5.75 Å². The van der Waals surface area contributed by atoms with Crippen LogP contribution in [0.2, 0.25) is 0 Å². The first kappa shape index (κ1) is 15.0. The molecule has 0 aliphatic carbocycles. The molecule has 0 aliphatic heterocycles. The van der Waals surface area contributed by atoms with Crippen molar-refractivity contribution in [3.63, 3.8) is 0 Å². The number of aryl methyl sites for hydroxylation is 2. The van der Waals surface area contributed by atoms with Gasteiger partial charge in [0, 0.05) is 29.3 Å². The quantitative estimate of drug-likeness (QED) is 0.626. The Morgan fingerprint density at radius 1 is 1.50 bits per heavy atom. The molecule has 2 aromatic rings. The van der Waals surface area contributed by atoms with E-state index in [4.69, 9.17) is 10.6 Å². The summed E-state index contributed by atoms with van der Waals surface area (Å²) in [5.41, 5.74) is 5.12. The third-order valence-corrected chi connectivity index (χ3v) is 3.75. The second-order valence-electron chi connectivity index (χ2n) is 4.67. The standard InChI is InChI=1S/C14H19BrN4O/c1-19-9-10(8-17-19)3-6-13(18-16)12-5-4-11(15)7-14(12)20-2/h4-5,7-9,13,18H,3,6,16H2,1-2H3. The van der Waals surface area contributed by atoms with Crippen LogP contribution >= 0.6 is 15.9 Å². The molecule has 0 spiro atoms. The van der Waals surface area contributed by atoms with Gasteiger partial charge in [0.2, 0.25) is 0 Å². The zero-order chi connectivity index (χ0) is 14.5. The average Bonchev–Trinajstić information content (AvgIpc) is 2.86. The van der Waals surface area contributed by atoms with Gasteiger partial charge in [-0.3, -0.25) is 16.0 Å². The highest BCUT2D eigenvalue weighted by Gasteiger charge is 2.15. The molecule has 0 fully saturated rings. The van der Waals surface area contributed by atoms with Crippen LogP contribution in [0, 0.1) is 0 Å². The predicted molar refractivity (Wildman–Crippen MR) is 82.3 cm³/mol. The minimum absolute atomic E-state index is 0.0401. The third kappa shape index (κ3) is 3.59. The lowest BCUT2D eigenvalue weighted by Gasteiger charge is -2.19. The first-order chi connectivity index (χ1) is 9.63. The van der Waals surface area contributed by atoms with Gasteiger partial charge in [-0.1, -0.05) is 22.0 Å². The number of nitrogens with zero attached hydrogens (tertiary/aromatic N) is 2. The monoisotopic (exact) mass is 338 g/mol. The molecule has 0 aliphatic rings. The Hall–Kier alpha value is -1.37. The van der Waals surface area contributed by atoms with E-state index in [1.54, 1.807) is 11.8 Å². The number of methoxy groups -OCH3 is 1. The number of nitrogens with one attached hydrogen (secondary N) is 1. The highest BCUT2D eigenvalue weighted by Crippen LogP contribution is 2.30. The van der Waals surface area contributed by atoms with Gasteiger partial charge in [-0.15, -0.1) is 0 Å². The summed E-state index contributed by atoms with van der Waals surface area (Å²) in [6.07, 6.45) is 5.68. The molecule has 0 saturated carbocycles.